The van der Waals surface area contributed by atoms with Crippen LogP contribution in [0.25, 0.3) is 0 Å². The van der Waals surface area contributed by atoms with Crippen LogP contribution < -0.4 is 0 Å². The lowest BCUT2D eigenvalue weighted by Gasteiger charge is -2.04. The van der Waals surface area contributed by atoms with E-state index < -0.39 is 0 Å². The van der Waals surface area contributed by atoms with Crippen LogP contribution in [0.5, 0.6) is 0 Å². The fourth-order valence-electron chi connectivity index (χ4n) is 0.988. The number of benzene rings is 1. The Morgan fingerprint density at radius 3 is 2.79 bits per heavy atom. The van der Waals surface area contributed by atoms with E-state index in [0.29, 0.717) is 11.0 Å². The Kier molecular flexibility index (Phi) is 4.69. The lowest BCUT2D eigenvalue weighted by molar-refractivity contribution is 0.102. The zero-order valence-electron chi connectivity index (χ0n) is 8.29. The number of thioether (sulfide) groups is 1. The molecule has 0 bridgehead atoms. The molecule has 0 radical (unpaired) electrons. The first-order valence-corrected chi connectivity index (χ1v) is 6.34. The van der Waals surface area contributed by atoms with Crippen LogP contribution in [-0.4, -0.2) is 16.8 Å². The van der Waals surface area contributed by atoms with Crippen LogP contribution in [0.1, 0.15) is 24.2 Å². The molecule has 3 heteroatoms. The Labute approximate surface area is 97.4 Å². The molecule has 1 nitrogen and oxygen atoms in total. The van der Waals surface area contributed by atoms with E-state index in [1.54, 1.807) is 11.8 Å². The van der Waals surface area contributed by atoms with Crippen molar-refractivity contribution in [1.29, 1.82) is 0 Å². The Bertz CT molecular complexity index is 323. The summed E-state index contributed by atoms with van der Waals surface area (Å²) in [5.74, 6) is 0.763. The van der Waals surface area contributed by atoms with Crippen molar-refractivity contribution in [2.75, 3.05) is 5.75 Å². The molecule has 0 aliphatic rings. The van der Waals surface area contributed by atoms with Crippen molar-refractivity contribution in [1.82, 2.24) is 0 Å². The van der Waals surface area contributed by atoms with E-state index in [-0.39, 0.29) is 5.78 Å². The first-order chi connectivity index (χ1) is 6.59. The smallest absolute Gasteiger partial charge is 0.172 e. The molecule has 0 atom stereocenters. The number of Topliss-reactive ketones (excluding diaryl/α,β-unsaturated/α-hetero) is 1. The quantitative estimate of drug-likeness (QED) is 0.777. The maximum absolute atomic E-state index is 11.7. The predicted octanol–water partition coefficient (Wildman–Crippen LogP) is 3.77. The highest BCUT2D eigenvalue weighted by atomic mass is 79.9. The summed E-state index contributed by atoms with van der Waals surface area (Å²) < 4.78 is 0.956. The SMILES string of the molecule is CC(C)SCC(=O)c1cccc(Br)c1. The molecule has 0 spiro atoms. The Balaban J connectivity index is 2.61. The molecule has 0 unspecified atom stereocenters. The van der Waals surface area contributed by atoms with Crippen LogP contribution in [0.4, 0.5) is 0 Å². The average molecular weight is 273 g/mol. The van der Waals surface area contributed by atoms with Crippen LogP contribution in [-0.2, 0) is 0 Å². The van der Waals surface area contributed by atoms with Gasteiger partial charge in [0, 0.05) is 10.0 Å². The summed E-state index contributed by atoms with van der Waals surface area (Å²) in [6.45, 7) is 4.19. The van der Waals surface area contributed by atoms with Gasteiger partial charge in [0.2, 0.25) is 0 Å². The molecule has 0 aliphatic carbocycles. The minimum absolute atomic E-state index is 0.199. The van der Waals surface area contributed by atoms with Crippen LogP contribution >= 0.6 is 27.7 Å². The molecule has 0 amide bonds. The Morgan fingerprint density at radius 2 is 2.21 bits per heavy atom. The second-order valence-corrected chi connectivity index (χ2v) is 5.77. The Morgan fingerprint density at radius 1 is 1.50 bits per heavy atom. The van der Waals surface area contributed by atoms with Gasteiger partial charge in [-0.25, -0.2) is 0 Å². The monoisotopic (exact) mass is 272 g/mol. The van der Waals surface area contributed by atoms with Gasteiger partial charge in [0.1, 0.15) is 0 Å². The molecular formula is C11H13BrOS. The van der Waals surface area contributed by atoms with Crippen LogP contribution in [0.2, 0.25) is 0 Å². The third kappa shape index (κ3) is 3.84. The van der Waals surface area contributed by atoms with Crippen molar-refractivity contribution in [2.24, 2.45) is 0 Å². The molecule has 1 aromatic rings. The second kappa shape index (κ2) is 5.56. The zero-order chi connectivity index (χ0) is 10.6. The highest BCUT2D eigenvalue weighted by molar-refractivity contribution is 9.10. The van der Waals surface area contributed by atoms with Gasteiger partial charge in [0.05, 0.1) is 5.75 Å². The maximum Gasteiger partial charge on any atom is 0.172 e. The standard InChI is InChI=1S/C11H13BrOS/c1-8(2)14-7-11(13)9-4-3-5-10(12)6-9/h3-6,8H,7H2,1-2H3. The molecule has 1 aromatic carbocycles. The van der Waals surface area contributed by atoms with E-state index in [1.165, 1.54) is 0 Å². The first kappa shape index (κ1) is 11.8. The van der Waals surface area contributed by atoms with Gasteiger partial charge in [-0.1, -0.05) is 41.9 Å². The Hall–Kier alpha value is -0.280. The molecule has 14 heavy (non-hydrogen) atoms. The first-order valence-electron chi connectivity index (χ1n) is 4.50. The summed E-state index contributed by atoms with van der Waals surface area (Å²) in [4.78, 5) is 11.7. The fourth-order valence-corrected chi connectivity index (χ4v) is 2.04. The topological polar surface area (TPSA) is 17.1 Å². The van der Waals surface area contributed by atoms with Gasteiger partial charge in [-0.3, -0.25) is 4.79 Å². The van der Waals surface area contributed by atoms with Crippen LogP contribution in [0.3, 0.4) is 0 Å². The van der Waals surface area contributed by atoms with Gasteiger partial charge in [0.15, 0.2) is 5.78 Å². The summed E-state index contributed by atoms with van der Waals surface area (Å²) in [5.41, 5.74) is 0.785. The van der Waals surface area contributed by atoms with E-state index in [9.17, 15) is 4.79 Å². The number of carbonyl (C=O) groups is 1. The summed E-state index contributed by atoms with van der Waals surface area (Å²) in [6, 6.07) is 7.53. The lowest BCUT2D eigenvalue weighted by Crippen LogP contribution is -2.04. The maximum atomic E-state index is 11.7. The van der Waals surface area contributed by atoms with Gasteiger partial charge >= 0.3 is 0 Å². The minimum atomic E-state index is 0.199. The normalized spacial score (nSPS) is 10.6. The summed E-state index contributed by atoms with van der Waals surface area (Å²) >= 11 is 5.03. The average Bonchev–Trinajstić information content (AvgIpc) is 2.14. The molecule has 0 N–H and O–H groups in total. The largest absolute Gasteiger partial charge is 0.293 e. The van der Waals surface area contributed by atoms with Crippen LogP contribution in [0.15, 0.2) is 28.7 Å². The van der Waals surface area contributed by atoms with Crippen molar-refractivity contribution in [3.63, 3.8) is 0 Å². The predicted molar refractivity (Wildman–Crippen MR) is 66.1 cm³/mol. The molecule has 0 aromatic heterocycles. The third-order valence-corrected chi connectivity index (χ3v) is 3.28. The van der Waals surface area contributed by atoms with Crippen molar-refractivity contribution >= 4 is 33.5 Å². The zero-order valence-corrected chi connectivity index (χ0v) is 10.7. The minimum Gasteiger partial charge on any atom is -0.293 e. The number of ketones is 1. The number of hydrogen-bond donors (Lipinski definition) is 0. The summed E-state index contributed by atoms with van der Waals surface area (Å²) in [7, 11) is 0. The van der Waals surface area contributed by atoms with E-state index >= 15 is 0 Å². The second-order valence-electron chi connectivity index (χ2n) is 3.29. The van der Waals surface area contributed by atoms with Crippen molar-refractivity contribution < 1.29 is 4.79 Å². The number of halogens is 1. The van der Waals surface area contributed by atoms with E-state index in [1.807, 2.05) is 24.3 Å². The van der Waals surface area contributed by atoms with Crippen molar-refractivity contribution in [2.45, 2.75) is 19.1 Å². The van der Waals surface area contributed by atoms with Crippen molar-refractivity contribution in [3.8, 4) is 0 Å². The van der Waals surface area contributed by atoms with E-state index in [4.69, 9.17) is 0 Å². The number of carbonyl (C=O) groups excluding carboxylic acids is 1. The molecule has 0 aliphatic heterocycles. The molecule has 0 fully saturated rings. The van der Waals surface area contributed by atoms with Crippen LogP contribution in [0, 0.1) is 0 Å². The molecular weight excluding hydrogens is 260 g/mol. The van der Waals surface area contributed by atoms with Gasteiger partial charge in [0.25, 0.3) is 0 Å². The van der Waals surface area contributed by atoms with Gasteiger partial charge in [-0.05, 0) is 17.4 Å². The van der Waals surface area contributed by atoms with E-state index in [0.717, 1.165) is 10.0 Å². The van der Waals surface area contributed by atoms with Gasteiger partial charge < -0.3 is 0 Å². The molecule has 0 heterocycles. The molecule has 0 saturated carbocycles. The molecule has 76 valence electrons. The fraction of sp³-hybridized carbons (Fsp3) is 0.364. The van der Waals surface area contributed by atoms with Gasteiger partial charge in [-0.15, -0.1) is 0 Å². The summed E-state index contributed by atoms with van der Waals surface area (Å²) in [5, 5.41) is 0.506. The summed E-state index contributed by atoms with van der Waals surface area (Å²) in [6.07, 6.45) is 0. The number of hydrogen-bond acceptors (Lipinski definition) is 2. The molecule has 1 rings (SSSR count). The highest BCUT2D eigenvalue weighted by Gasteiger charge is 2.06. The highest BCUT2D eigenvalue weighted by Crippen LogP contribution is 2.15. The lowest BCUT2D eigenvalue weighted by atomic mass is 10.2. The number of rotatable bonds is 4. The van der Waals surface area contributed by atoms with Gasteiger partial charge in [-0.2, -0.15) is 11.8 Å². The third-order valence-electron chi connectivity index (χ3n) is 1.69. The molecule has 0 saturated heterocycles. The van der Waals surface area contributed by atoms with Crippen molar-refractivity contribution in [3.05, 3.63) is 34.3 Å². The van der Waals surface area contributed by atoms with E-state index in [2.05, 4.69) is 29.8 Å².